The second-order valence-electron chi connectivity index (χ2n) is 0. The van der Waals surface area contributed by atoms with Crippen LogP contribution in [-0.4, -0.2) is 45.6 Å². The molecule has 0 saturated carbocycles. The molecular formula is GaInO3. The summed E-state index contributed by atoms with van der Waals surface area (Å²) in [4.78, 5) is 0. The molecule has 0 saturated heterocycles. The Morgan fingerprint density at radius 1 is 0.600 bits per heavy atom. The Morgan fingerprint density at radius 2 is 0.600 bits per heavy atom. The molecule has 5 heavy (non-hydrogen) atoms. The smallest absolute Gasteiger partial charge is 2.00 e. The summed E-state index contributed by atoms with van der Waals surface area (Å²) in [5.74, 6) is 0. The van der Waals surface area contributed by atoms with Gasteiger partial charge in [-0.2, -0.15) is 0 Å². The normalized spacial score (nSPS) is 0. The van der Waals surface area contributed by atoms with Gasteiger partial charge in [-0.1, -0.05) is 0 Å². The van der Waals surface area contributed by atoms with Crippen LogP contribution in [0.5, 0.6) is 0 Å². The van der Waals surface area contributed by atoms with Crippen molar-refractivity contribution in [1.29, 1.82) is 0 Å². The van der Waals surface area contributed by atoms with Gasteiger partial charge in [-0.25, -0.2) is 0 Å². The molecule has 0 aromatic heterocycles. The van der Waals surface area contributed by atoms with Crippen molar-refractivity contribution in [2.45, 2.75) is 0 Å². The monoisotopic (exact) mass is 232 g/mol. The zero-order valence-electron chi connectivity index (χ0n) is 2.38. The number of hydrogen-bond acceptors (Lipinski definition) is 0. The van der Waals surface area contributed by atoms with Crippen LogP contribution in [0.2, 0.25) is 0 Å². The van der Waals surface area contributed by atoms with Gasteiger partial charge in [0.05, 0.1) is 0 Å². The van der Waals surface area contributed by atoms with Crippen LogP contribution < -0.4 is 0 Å². The van der Waals surface area contributed by atoms with Gasteiger partial charge in [0, 0.05) is 0 Å². The molecule has 0 spiro atoms. The second-order valence-corrected chi connectivity index (χ2v) is 0. The first kappa shape index (κ1) is 96.4. The summed E-state index contributed by atoms with van der Waals surface area (Å²) in [6.07, 6.45) is 0. The van der Waals surface area contributed by atoms with E-state index < -0.39 is 0 Å². The van der Waals surface area contributed by atoms with E-state index in [-0.39, 0.29) is 62.1 Å². The molecule has 5 heteroatoms. The van der Waals surface area contributed by atoms with Crippen LogP contribution in [0, 0.1) is 0 Å². The quantitative estimate of drug-likeness (QED) is 0.474. The first-order valence-electron chi connectivity index (χ1n) is 0. The molecule has 3 nitrogen and oxygen atoms in total. The van der Waals surface area contributed by atoms with Crippen LogP contribution in [0.25, 0.3) is 0 Å². The molecule has 0 atom stereocenters. The third-order valence-corrected chi connectivity index (χ3v) is 0. The molecule has 0 bridgehead atoms. The molecule has 0 aliphatic carbocycles. The van der Waals surface area contributed by atoms with Crippen LogP contribution in [-0.2, 0) is 16.4 Å². The summed E-state index contributed by atoms with van der Waals surface area (Å²) < 4.78 is 0. The minimum Gasteiger partial charge on any atom is -2.00 e. The summed E-state index contributed by atoms with van der Waals surface area (Å²) >= 11 is 0. The molecule has 0 unspecified atom stereocenters. The fourth-order valence-corrected chi connectivity index (χ4v) is 0. The third kappa shape index (κ3) is 32.1. The van der Waals surface area contributed by atoms with E-state index in [2.05, 4.69) is 0 Å². The van der Waals surface area contributed by atoms with Crippen molar-refractivity contribution in [2.75, 3.05) is 0 Å². The Bertz CT molecular complexity index is 6.85. The minimum atomic E-state index is 0. The van der Waals surface area contributed by atoms with Gasteiger partial charge in [0.25, 0.3) is 0 Å². The fourth-order valence-electron chi connectivity index (χ4n) is 0. The maximum Gasteiger partial charge on any atom is 3.00 e. The van der Waals surface area contributed by atoms with Crippen molar-refractivity contribution in [3.63, 3.8) is 0 Å². The maximum absolute atomic E-state index is 0. The van der Waals surface area contributed by atoms with E-state index in [1.54, 1.807) is 0 Å². The van der Waals surface area contributed by atoms with Crippen molar-refractivity contribution in [1.82, 2.24) is 0 Å². The van der Waals surface area contributed by atoms with Crippen molar-refractivity contribution in [3.05, 3.63) is 0 Å². The summed E-state index contributed by atoms with van der Waals surface area (Å²) in [6.45, 7) is 0. The molecule has 0 aliphatic rings. The first-order valence-corrected chi connectivity index (χ1v) is 0. The van der Waals surface area contributed by atoms with E-state index >= 15 is 0 Å². The van der Waals surface area contributed by atoms with Crippen LogP contribution in [0.4, 0.5) is 0 Å². The fraction of sp³-hybridized carbons (Fsp3) is 0. The SMILES string of the molecule is [Ga+3].[In+3].[O-2].[O-2].[O-2]. The van der Waals surface area contributed by atoms with Crippen LogP contribution in [0.1, 0.15) is 0 Å². The molecule has 0 radical (unpaired) electrons. The van der Waals surface area contributed by atoms with Gasteiger partial charge in [0.1, 0.15) is 0 Å². The zero-order valence-corrected chi connectivity index (χ0v) is 8.10. The summed E-state index contributed by atoms with van der Waals surface area (Å²) in [5.41, 5.74) is 0. The average molecular weight is 233 g/mol. The van der Waals surface area contributed by atoms with Crippen LogP contribution in [0.3, 0.4) is 0 Å². The molecular weight excluding hydrogens is 233 g/mol. The van der Waals surface area contributed by atoms with Gasteiger partial charge in [0.15, 0.2) is 0 Å². The van der Waals surface area contributed by atoms with Crippen LogP contribution >= 0.6 is 0 Å². The first-order chi connectivity index (χ1) is 0. The molecule has 0 aliphatic heterocycles. The molecule has 0 N–H and O–H groups in total. The van der Waals surface area contributed by atoms with E-state index in [4.69, 9.17) is 0 Å². The largest absolute Gasteiger partial charge is 3.00 e. The molecule has 0 fully saturated rings. The van der Waals surface area contributed by atoms with Crippen molar-refractivity contribution in [2.24, 2.45) is 0 Å². The molecule has 24 valence electrons. The standard InChI is InChI=1S/Ga.In.3O/q2*+3;3*-2. The second kappa shape index (κ2) is 53.9. The van der Waals surface area contributed by atoms with Gasteiger partial charge < -0.3 is 16.4 Å². The summed E-state index contributed by atoms with van der Waals surface area (Å²) in [5, 5.41) is 0. The zero-order chi connectivity index (χ0) is 0. The van der Waals surface area contributed by atoms with Gasteiger partial charge >= 0.3 is 45.6 Å². The van der Waals surface area contributed by atoms with E-state index in [1.807, 2.05) is 0 Å². The Kier molecular flexibility index (Phi) is 1040. The predicted molar refractivity (Wildman–Crippen MR) is 13.6 cm³/mol. The molecule has 0 rings (SSSR count). The Labute approximate surface area is 61.9 Å². The maximum atomic E-state index is 0. The predicted octanol–water partition coefficient (Wildman–Crippen LogP) is -1.12. The van der Waals surface area contributed by atoms with Gasteiger partial charge in [-0.15, -0.1) is 0 Å². The van der Waals surface area contributed by atoms with Crippen molar-refractivity contribution >= 4 is 45.6 Å². The van der Waals surface area contributed by atoms with Gasteiger partial charge in [0.2, 0.25) is 0 Å². The Balaban J connectivity index is 0. The molecule has 0 aromatic rings. The Hall–Kier alpha value is 1.39. The third-order valence-electron chi connectivity index (χ3n) is 0. The van der Waals surface area contributed by atoms with Gasteiger partial charge in [-0.3, -0.25) is 0 Å². The molecule has 0 heterocycles. The number of hydrogen-bond donors (Lipinski definition) is 0. The average Bonchev–Trinajstić information content (AvgIpc) is 0. The van der Waals surface area contributed by atoms with E-state index in [1.165, 1.54) is 0 Å². The van der Waals surface area contributed by atoms with E-state index in [0.29, 0.717) is 0 Å². The Morgan fingerprint density at radius 3 is 0.600 bits per heavy atom. The van der Waals surface area contributed by atoms with Gasteiger partial charge in [-0.05, 0) is 0 Å². The summed E-state index contributed by atoms with van der Waals surface area (Å²) in [6, 6.07) is 0. The molecule has 0 aromatic carbocycles. The molecule has 0 amide bonds. The van der Waals surface area contributed by atoms with Crippen LogP contribution in [0.15, 0.2) is 0 Å². The van der Waals surface area contributed by atoms with E-state index in [0.717, 1.165) is 0 Å². The van der Waals surface area contributed by atoms with E-state index in [9.17, 15) is 0 Å². The van der Waals surface area contributed by atoms with Crippen molar-refractivity contribution in [3.8, 4) is 0 Å². The van der Waals surface area contributed by atoms with Crippen molar-refractivity contribution < 1.29 is 16.4 Å². The number of rotatable bonds is 0. The topological polar surface area (TPSA) is 85.5 Å². The minimum absolute atomic E-state index is 0. The summed E-state index contributed by atoms with van der Waals surface area (Å²) in [7, 11) is 0.